The van der Waals surface area contributed by atoms with Crippen LogP contribution in [0.4, 0.5) is 11.4 Å². The molecule has 0 spiro atoms. The molecule has 1 aromatic carbocycles. The van der Waals surface area contributed by atoms with E-state index in [1.54, 1.807) is 30.6 Å². The summed E-state index contributed by atoms with van der Waals surface area (Å²) in [6.45, 7) is 0.683. The number of primary sulfonamides is 1. The molecule has 0 aliphatic heterocycles. The molecular formula is C13H16N4O2S. The van der Waals surface area contributed by atoms with Gasteiger partial charge >= 0.3 is 0 Å². The third kappa shape index (κ3) is 3.69. The van der Waals surface area contributed by atoms with Gasteiger partial charge in [0.1, 0.15) is 0 Å². The van der Waals surface area contributed by atoms with Gasteiger partial charge in [0.25, 0.3) is 0 Å². The number of benzene rings is 1. The molecule has 0 unspecified atom stereocenters. The first kappa shape index (κ1) is 14.3. The molecule has 106 valence electrons. The van der Waals surface area contributed by atoms with E-state index in [9.17, 15) is 8.42 Å². The van der Waals surface area contributed by atoms with Crippen LogP contribution in [0.2, 0.25) is 0 Å². The molecule has 6 nitrogen and oxygen atoms in total. The quantitative estimate of drug-likeness (QED) is 0.760. The maximum atomic E-state index is 11.1. The fourth-order valence-electron chi connectivity index (χ4n) is 1.75. The summed E-state index contributed by atoms with van der Waals surface area (Å²) < 4.78 is 22.3. The van der Waals surface area contributed by atoms with Gasteiger partial charge in [0, 0.05) is 12.7 Å². The highest BCUT2D eigenvalue weighted by Crippen LogP contribution is 2.15. The first-order valence-electron chi connectivity index (χ1n) is 6.02. The Labute approximate surface area is 117 Å². The van der Waals surface area contributed by atoms with Gasteiger partial charge in [0.05, 0.1) is 22.5 Å². The lowest BCUT2D eigenvalue weighted by Gasteiger charge is -2.08. The van der Waals surface area contributed by atoms with E-state index in [4.69, 9.17) is 10.9 Å². The molecular weight excluding hydrogens is 276 g/mol. The molecule has 0 bridgehead atoms. The molecule has 20 heavy (non-hydrogen) atoms. The lowest BCUT2D eigenvalue weighted by molar-refractivity contribution is 0.598. The van der Waals surface area contributed by atoms with Crippen molar-refractivity contribution in [3.8, 4) is 0 Å². The minimum atomic E-state index is -3.63. The third-order valence-electron chi connectivity index (χ3n) is 2.83. The normalized spacial score (nSPS) is 11.2. The largest absolute Gasteiger partial charge is 0.396 e. The molecule has 2 rings (SSSR count). The van der Waals surface area contributed by atoms with Crippen molar-refractivity contribution in [3.63, 3.8) is 0 Å². The van der Waals surface area contributed by atoms with Crippen LogP contribution in [0, 0.1) is 0 Å². The van der Waals surface area contributed by atoms with Crippen molar-refractivity contribution in [1.82, 2.24) is 4.98 Å². The van der Waals surface area contributed by atoms with Crippen LogP contribution in [-0.2, 0) is 16.4 Å². The van der Waals surface area contributed by atoms with Crippen LogP contribution in [0.15, 0.2) is 47.6 Å². The highest BCUT2D eigenvalue weighted by molar-refractivity contribution is 7.89. The average molecular weight is 292 g/mol. The van der Waals surface area contributed by atoms with Crippen molar-refractivity contribution >= 4 is 21.4 Å². The van der Waals surface area contributed by atoms with Crippen molar-refractivity contribution in [2.45, 2.75) is 11.3 Å². The summed E-state index contributed by atoms with van der Waals surface area (Å²) in [4.78, 5) is 4.03. The number of rotatable bonds is 5. The Kier molecular flexibility index (Phi) is 4.21. The summed E-state index contributed by atoms with van der Waals surface area (Å²) in [7, 11) is -3.63. The molecule has 0 atom stereocenters. The van der Waals surface area contributed by atoms with Gasteiger partial charge in [0.2, 0.25) is 10.0 Å². The maximum absolute atomic E-state index is 11.1. The second kappa shape index (κ2) is 5.89. The molecule has 5 N–H and O–H groups in total. The first-order valence-corrected chi connectivity index (χ1v) is 7.56. The molecule has 1 aromatic heterocycles. The number of aromatic nitrogens is 1. The van der Waals surface area contributed by atoms with Gasteiger partial charge in [-0.15, -0.1) is 0 Å². The van der Waals surface area contributed by atoms with Crippen molar-refractivity contribution in [2.75, 3.05) is 17.6 Å². The summed E-state index contributed by atoms with van der Waals surface area (Å²) >= 11 is 0. The van der Waals surface area contributed by atoms with E-state index in [0.29, 0.717) is 12.2 Å². The summed E-state index contributed by atoms with van der Waals surface area (Å²) in [5.41, 5.74) is 8.20. The molecule has 0 saturated carbocycles. The van der Waals surface area contributed by atoms with Gasteiger partial charge in [-0.3, -0.25) is 4.98 Å². The zero-order chi connectivity index (χ0) is 14.6. The third-order valence-corrected chi connectivity index (χ3v) is 3.76. The van der Waals surface area contributed by atoms with E-state index in [2.05, 4.69) is 10.3 Å². The number of hydrogen-bond acceptors (Lipinski definition) is 5. The second-order valence-electron chi connectivity index (χ2n) is 4.33. The van der Waals surface area contributed by atoms with Crippen molar-refractivity contribution in [1.29, 1.82) is 0 Å². The van der Waals surface area contributed by atoms with Crippen LogP contribution in [0.1, 0.15) is 5.56 Å². The van der Waals surface area contributed by atoms with Gasteiger partial charge in [-0.05, 0) is 30.2 Å². The number of nitrogen functional groups attached to an aromatic ring is 1. The average Bonchev–Trinajstić information content (AvgIpc) is 2.40. The van der Waals surface area contributed by atoms with E-state index < -0.39 is 10.0 Å². The van der Waals surface area contributed by atoms with Crippen molar-refractivity contribution in [3.05, 3.63) is 48.3 Å². The molecule has 0 fully saturated rings. The van der Waals surface area contributed by atoms with Crippen LogP contribution in [0.25, 0.3) is 0 Å². The Bertz CT molecular complexity index is 684. The van der Waals surface area contributed by atoms with Gasteiger partial charge in [-0.2, -0.15) is 0 Å². The molecule has 2 aromatic rings. The molecule has 0 saturated heterocycles. The Morgan fingerprint density at radius 3 is 2.45 bits per heavy atom. The summed E-state index contributed by atoms with van der Waals surface area (Å²) in [5.74, 6) is 0. The van der Waals surface area contributed by atoms with E-state index >= 15 is 0 Å². The Balaban J connectivity index is 1.94. The lowest BCUT2D eigenvalue weighted by atomic mass is 10.1. The predicted molar refractivity (Wildman–Crippen MR) is 78.7 cm³/mol. The van der Waals surface area contributed by atoms with E-state index in [1.165, 1.54) is 12.1 Å². The van der Waals surface area contributed by atoms with Crippen molar-refractivity contribution < 1.29 is 8.42 Å². The highest BCUT2D eigenvalue weighted by Gasteiger charge is 2.06. The Hall–Kier alpha value is -2.12. The van der Waals surface area contributed by atoms with Crippen LogP contribution in [0.5, 0.6) is 0 Å². The fourth-order valence-corrected chi connectivity index (χ4v) is 2.27. The van der Waals surface area contributed by atoms with Crippen LogP contribution < -0.4 is 16.2 Å². The van der Waals surface area contributed by atoms with E-state index in [1.807, 2.05) is 0 Å². The monoisotopic (exact) mass is 292 g/mol. The van der Waals surface area contributed by atoms with Gasteiger partial charge < -0.3 is 11.1 Å². The van der Waals surface area contributed by atoms with Crippen LogP contribution in [-0.4, -0.2) is 19.9 Å². The second-order valence-corrected chi connectivity index (χ2v) is 5.89. The molecule has 0 aliphatic rings. The number of nitrogens with zero attached hydrogens (tertiary/aromatic N) is 1. The van der Waals surface area contributed by atoms with Crippen molar-refractivity contribution in [2.24, 2.45) is 5.14 Å². The Morgan fingerprint density at radius 1 is 1.15 bits per heavy atom. The SMILES string of the molecule is Nc1cnccc1NCCc1ccc(S(N)(=O)=O)cc1. The fraction of sp³-hybridized carbons (Fsp3) is 0.154. The Morgan fingerprint density at radius 2 is 1.85 bits per heavy atom. The number of anilines is 2. The molecule has 0 amide bonds. The zero-order valence-electron chi connectivity index (χ0n) is 10.8. The van der Waals surface area contributed by atoms with Gasteiger partial charge in [-0.1, -0.05) is 12.1 Å². The summed E-state index contributed by atoms with van der Waals surface area (Å²) in [6.07, 6.45) is 4.00. The predicted octanol–water partition coefficient (Wildman–Crippen LogP) is 0.966. The topological polar surface area (TPSA) is 111 Å². The number of hydrogen-bond donors (Lipinski definition) is 3. The highest BCUT2D eigenvalue weighted by atomic mass is 32.2. The minimum absolute atomic E-state index is 0.118. The number of nitrogens with two attached hydrogens (primary N) is 2. The minimum Gasteiger partial charge on any atom is -0.396 e. The smallest absolute Gasteiger partial charge is 0.238 e. The molecule has 7 heteroatoms. The van der Waals surface area contributed by atoms with Gasteiger partial charge in [0.15, 0.2) is 0 Å². The number of nitrogens with one attached hydrogen (secondary N) is 1. The van der Waals surface area contributed by atoms with Gasteiger partial charge in [-0.25, -0.2) is 13.6 Å². The lowest BCUT2D eigenvalue weighted by Crippen LogP contribution is -2.12. The maximum Gasteiger partial charge on any atom is 0.238 e. The molecule has 0 aliphatic carbocycles. The standard InChI is InChI=1S/C13H16N4O2S/c14-12-9-16-7-6-13(12)17-8-5-10-1-3-11(4-2-10)20(15,18)19/h1-4,6-7,9H,5,8,14H2,(H,16,17)(H2,15,18,19). The summed E-state index contributed by atoms with van der Waals surface area (Å²) in [5, 5.41) is 8.24. The number of pyridine rings is 1. The zero-order valence-corrected chi connectivity index (χ0v) is 11.6. The van der Waals surface area contributed by atoms with E-state index in [-0.39, 0.29) is 4.90 Å². The summed E-state index contributed by atoms with van der Waals surface area (Å²) in [6, 6.07) is 8.31. The van der Waals surface area contributed by atoms with Crippen LogP contribution >= 0.6 is 0 Å². The number of sulfonamides is 1. The molecule has 0 radical (unpaired) electrons. The first-order chi connectivity index (χ1) is 9.47. The molecule has 1 heterocycles. The van der Waals surface area contributed by atoms with E-state index in [0.717, 1.165) is 17.7 Å². The van der Waals surface area contributed by atoms with Crippen LogP contribution in [0.3, 0.4) is 0 Å².